The Hall–Kier alpha value is -1.37. The predicted molar refractivity (Wildman–Crippen MR) is 72.7 cm³/mol. The van der Waals surface area contributed by atoms with Crippen molar-refractivity contribution >= 4 is 17.6 Å². The van der Waals surface area contributed by atoms with E-state index in [0.29, 0.717) is 5.82 Å². The summed E-state index contributed by atoms with van der Waals surface area (Å²) in [7, 11) is 0. The molecule has 106 valence electrons. The topological polar surface area (TPSA) is 86.3 Å². The Kier molecular flexibility index (Phi) is 3.66. The largest absolute Gasteiger partial charge is 0.465 e. The molecule has 7 heteroatoms. The van der Waals surface area contributed by atoms with Crippen LogP contribution in [0.1, 0.15) is 51.8 Å². The van der Waals surface area contributed by atoms with Gasteiger partial charge in [-0.1, -0.05) is 6.42 Å². The summed E-state index contributed by atoms with van der Waals surface area (Å²) in [6, 6.07) is -0.116. The van der Waals surface area contributed by atoms with E-state index in [1.807, 2.05) is 20.8 Å². The summed E-state index contributed by atoms with van der Waals surface area (Å²) in [6.07, 6.45) is 1.72. The van der Waals surface area contributed by atoms with Crippen molar-refractivity contribution in [2.75, 3.05) is 0 Å². The van der Waals surface area contributed by atoms with Crippen LogP contribution < -0.4 is 4.87 Å². The number of aromatic nitrogens is 2. The van der Waals surface area contributed by atoms with Crippen molar-refractivity contribution in [2.45, 2.75) is 57.5 Å². The molecule has 1 aromatic heterocycles. The third-order valence-electron chi connectivity index (χ3n) is 3.55. The normalized spacial score (nSPS) is 23.5. The van der Waals surface area contributed by atoms with E-state index in [2.05, 4.69) is 9.36 Å². The molecule has 2 N–H and O–H groups in total. The van der Waals surface area contributed by atoms with Gasteiger partial charge in [-0.15, -0.1) is 0 Å². The number of carbonyl (C=O) groups is 1. The lowest BCUT2D eigenvalue weighted by molar-refractivity contribution is 0.0658. The molecular weight excluding hydrogens is 266 g/mol. The monoisotopic (exact) mass is 285 g/mol. The summed E-state index contributed by atoms with van der Waals surface area (Å²) < 4.78 is 4.13. The van der Waals surface area contributed by atoms with Crippen molar-refractivity contribution in [1.82, 2.24) is 14.3 Å². The van der Waals surface area contributed by atoms with E-state index in [1.54, 1.807) is 0 Å². The van der Waals surface area contributed by atoms with Gasteiger partial charge in [-0.25, -0.2) is 4.79 Å². The van der Waals surface area contributed by atoms with E-state index >= 15 is 0 Å². The van der Waals surface area contributed by atoms with Crippen molar-refractivity contribution < 1.29 is 9.90 Å². The van der Waals surface area contributed by atoms with Crippen LogP contribution in [0.3, 0.4) is 0 Å². The van der Waals surface area contributed by atoms with Crippen molar-refractivity contribution in [3.05, 3.63) is 15.5 Å². The number of nitrogens with one attached hydrogen (secondary N) is 1. The molecule has 2 atom stereocenters. The molecule has 0 bridgehead atoms. The molecule has 0 saturated heterocycles. The van der Waals surface area contributed by atoms with Crippen molar-refractivity contribution in [3.8, 4) is 0 Å². The Bertz CT molecular complexity index is 517. The van der Waals surface area contributed by atoms with Crippen LogP contribution in [-0.4, -0.2) is 37.0 Å². The smallest absolute Gasteiger partial charge is 0.408 e. The van der Waals surface area contributed by atoms with Crippen LogP contribution in [0.25, 0.3) is 0 Å². The number of hydrogen-bond donors (Lipinski definition) is 2. The van der Waals surface area contributed by atoms with E-state index < -0.39 is 11.6 Å². The maximum absolute atomic E-state index is 11.6. The van der Waals surface area contributed by atoms with Crippen LogP contribution in [0, 0.1) is 0 Å². The Morgan fingerprint density at radius 2 is 2.16 bits per heavy atom. The van der Waals surface area contributed by atoms with Gasteiger partial charge in [0.25, 0.3) is 0 Å². The summed E-state index contributed by atoms with van der Waals surface area (Å²) in [5.41, 5.74) is -0.463. The number of rotatable bonds is 2. The third-order valence-corrected chi connectivity index (χ3v) is 4.10. The lowest BCUT2D eigenvalue weighted by Gasteiger charge is -2.40. The number of amides is 1. The highest BCUT2D eigenvalue weighted by atomic mass is 32.1. The van der Waals surface area contributed by atoms with Crippen molar-refractivity contribution in [1.29, 1.82) is 0 Å². The van der Waals surface area contributed by atoms with Crippen LogP contribution in [0.2, 0.25) is 0 Å². The molecule has 1 saturated carbocycles. The first kappa shape index (κ1) is 14.0. The fourth-order valence-electron chi connectivity index (χ4n) is 2.90. The Labute approximate surface area is 115 Å². The van der Waals surface area contributed by atoms with Gasteiger partial charge in [0, 0.05) is 29.0 Å². The summed E-state index contributed by atoms with van der Waals surface area (Å²) in [6.45, 7) is 5.67. The first-order valence-corrected chi connectivity index (χ1v) is 7.16. The average molecular weight is 285 g/mol. The second-order valence-corrected chi connectivity index (χ2v) is 6.64. The minimum Gasteiger partial charge on any atom is -0.465 e. The molecule has 0 spiro atoms. The molecule has 1 amide bonds. The molecule has 6 nitrogen and oxygen atoms in total. The van der Waals surface area contributed by atoms with E-state index in [0.717, 1.165) is 30.8 Å². The van der Waals surface area contributed by atoms with E-state index in [9.17, 15) is 14.7 Å². The van der Waals surface area contributed by atoms with E-state index in [1.165, 1.54) is 4.90 Å². The molecular formula is C12H19N3O3S. The van der Waals surface area contributed by atoms with Gasteiger partial charge in [0.1, 0.15) is 5.82 Å². The SMILES string of the molecule is CC(C)(C)N(C(=O)O)[C@H]1CCC[C@@H]1c1nsc(=O)[nH]1. The van der Waals surface area contributed by atoms with Gasteiger partial charge in [-0.05, 0) is 33.6 Å². The molecule has 19 heavy (non-hydrogen) atoms. The van der Waals surface area contributed by atoms with Crippen molar-refractivity contribution in [3.63, 3.8) is 0 Å². The third kappa shape index (κ3) is 2.80. The van der Waals surface area contributed by atoms with Gasteiger partial charge in [0.2, 0.25) is 0 Å². The number of aromatic amines is 1. The fourth-order valence-corrected chi connectivity index (χ4v) is 3.41. The van der Waals surface area contributed by atoms with Gasteiger partial charge in [0.05, 0.1) is 0 Å². The summed E-state index contributed by atoms with van der Waals surface area (Å²) in [5, 5.41) is 9.48. The van der Waals surface area contributed by atoms with E-state index in [4.69, 9.17) is 0 Å². The second kappa shape index (κ2) is 4.96. The molecule has 1 aromatic rings. The Morgan fingerprint density at radius 1 is 1.47 bits per heavy atom. The van der Waals surface area contributed by atoms with Crippen LogP contribution in [0.4, 0.5) is 4.79 Å². The summed E-state index contributed by atoms with van der Waals surface area (Å²) in [5.74, 6) is 0.627. The van der Waals surface area contributed by atoms with Gasteiger partial charge in [0.15, 0.2) is 0 Å². The van der Waals surface area contributed by atoms with Gasteiger partial charge in [-0.3, -0.25) is 14.7 Å². The summed E-state index contributed by atoms with van der Waals surface area (Å²) in [4.78, 5) is 26.8. The molecule has 0 aromatic carbocycles. The predicted octanol–water partition coefficient (Wildman–Crippen LogP) is 2.25. The van der Waals surface area contributed by atoms with Gasteiger partial charge < -0.3 is 5.11 Å². The molecule has 0 unspecified atom stereocenters. The van der Waals surface area contributed by atoms with Crippen LogP contribution in [0.5, 0.6) is 0 Å². The number of carboxylic acid groups (broad SMARTS) is 1. The number of hydrogen-bond acceptors (Lipinski definition) is 4. The van der Waals surface area contributed by atoms with Crippen LogP contribution >= 0.6 is 11.5 Å². The van der Waals surface area contributed by atoms with Crippen LogP contribution in [-0.2, 0) is 0 Å². The van der Waals surface area contributed by atoms with Crippen molar-refractivity contribution in [2.24, 2.45) is 0 Å². The fraction of sp³-hybridized carbons (Fsp3) is 0.750. The molecule has 1 aliphatic rings. The van der Waals surface area contributed by atoms with E-state index in [-0.39, 0.29) is 16.8 Å². The second-order valence-electron chi connectivity index (χ2n) is 5.91. The zero-order valence-electron chi connectivity index (χ0n) is 11.3. The van der Waals surface area contributed by atoms with Gasteiger partial charge in [-0.2, -0.15) is 4.37 Å². The molecule has 2 rings (SSSR count). The Morgan fingerprint density at radius 3 is 2.63 bits per heavy atom. The maximum atomic E-state index is 11.6. The zero-order chi connectivity index (χ0) is 14.2. The number of nitrogens with zero attached hydrogens (tertiary/aromatic N) is 2. The van der Waals surface area contributed by atoms with Crippen LogP contribution in [0.15, 0.2) is 4.79 Å². The average Bonchev–Trinajstić information content (AvgIpc) is 2.84. The molecule has 0 aliphatic heterocycles. The molecule has 1 aliphatic carbocycles. The lowest BCUT2D eigenvalue weighted by atomic mass is 9.96. The minimum absolute atomic E-state index is 0.00530. The summed E-state index contributed by atoms with van der Waals surface area (Å²) >= 11 is 0.894. The highest BCUT2D eigenvalue weighted by Crippen LogP contribution is 2.38. The quantitative estimate of drug-likeness (QED) is 0.872. The van der Waals surface area contributed by atoms with Gasteiger partial charge >= 0.3 is 11.0 Å². The zero-order valence-corrected chi connectivity index (χ0v) is 12.2. The highest BCUT2D eigenvalue weighted by molar-refractivity contribution is 7.02. The minimum atomic E-state index is -0.915. The first-order chi connectivity index (χ1) is 8.80. The molecule has 1 fully saturated rings. The standard InChI is InChI=1S/C12H19N3O3S/c1-12(2,3)15(11(17)18)8-6-4-5-7(8)9-13-10(16)19-14-9/h7-8H,4-6H2,1-3H3,(H,17,18)(H,13,14,16)/t7-,8-/m0/s1. The first-order valence-electron chi connectivity index (χ1n) is 6.39. The lowest BCUT2D eigenvalue weighted by Crippen LogP contribution is -2.52. The Balaban J connectivity index is 2.31. The highest BCUT2D eigenvalue weighted by Gasteiger charge is 2.42. The molecule has 1 heterocycles. The number of H-pyrrole nitrogens is 1. The molecule has 0 radical (unpaired) electrons. The maximum Gasteiger partial charge on any atom is 0.408 e.